The van der Waals surface area contributed by atoms with Gasteiger partial charge in [-0.15, -0.1) is 0 Å². The van der Waals surface area contributed by atoms with Gasteiger partial charge in [-0.3, -0.25) is 5.01 Å². The molecule has 108 valence electrons. The van der Waals surface area contributed by atoms with Crippen LogP contribution in [0, 0.1) is 0 Å². The van der Waals surface area contributed by atoms with E-state index >= 15 is 0 Å². The quantitative estimate of drug-likeness (QED) is 0.707. The molecule has 0 saturated carbocycles. The lowest BCUT2D eigenvalue weighted by Crippen LogP contribution is -2.34. The highest BCUT2D eigenvalue weighted by Gasteiger charge is 2.35. The third-order valence-corrected chi connectivity index (χ3v) is 4.82. The lowest BCUT2D eigenvalue weighted by molar-refractivity contribution is 0.643. The number of aromatic nitrogens is 1. The summed E-state index contributed by atoms with van der Waals surface area (Å²) in [5, 5.41) is 3.64. The van der Waals surface area contributed by atoms with Crippen molar-refractivity contribution in [2.75, 3.05) is 5.01 Å². The Morgan fingerprint density at radius 1 is 0.909 bits per heavy atom. The van der Waals surface area contributed by atoms with Crippen LogP contribution in [-0.4, -0.2) is 4.98 Å². The summed E-state index contributed by atoms with van der Waals surface area (Å²) in [6, 6.07) is 19.4. The van der Waals surface area contributed by atoms with E-state index in [2.05, 4.69) is 76.2 Å². The number of hydrazine groups is 1. The van der Waals surface area contributed by atoms with Crippen molar-refractivity contribution in [2.45, 2.75) is 18.9 Å². The molecule has 2 heterocycles. The second-order valence-corrected chi connectivity index (χ2v) is 6.02. The normalized spacial score (nSPS) is 19.5. The van der Waals surface area contributed by atoms with Crippen LogP contribution in [0.15, 0.2) is 66.4 Å². The molecule has 3 heteroatoms. The van der Waals surface area contributed by atoms with Crippen LogP contribution in [0.1, 0.15) is 23.7 Å². The van der Waals surface area contributed by atoms with Gasteiger partial charge in [0.15, 0.2) is 0 Å². The maximum atomic E-state index is 3.66. The first kappa shape index (κ1) is 11.9. The topological polar surface area (TPSA) is 31.1 Å². The first-order valence-corrected chi connectivity index (χ1v) is 7.81. The number of benzene rings is 2. The van der Waals surface area contributed by atoms with E-state index in [0.29, 0.717) is 0 Å². The van der Waals surface area contributed by atoms with Crippen LogP contribution in [-0.2, 0) is 6.42 Å². The monoisotopic (exact) mass is 287 g/mol. The molecule has 1 aliphatic carbocycles. The van der Waals surface area contributed by atoms with Crippen LogP contribution in [0.25, 0.3) is 10.9 Å². The molecule has 1 aromatic heterocycles. The standard InChI is InChI=1S/C19H17N3/c1-2-6-14(7-3-1)22-19-13(12-20-22)10-11-16-15-8-4-5-9-17(15)21-18(16)19/h1-9,12,19-21H,10-11H2. The molecule has 2 aliphatic rings. The number of nitrogens with zero attached hydrogens (tertiary/aromatic N) is 1. The van der Waals surface area contributed by atoms with Crippen molar-refractivity contribution < 1.29 is 0 Å². The molecule has 0 amide bonds. The summed E-state index contributed by atoms with van der Waals surface area (Å²) in [4.78, 5) is 3.66. The minimum Gasteiger partial charge on any atom is -0.356 e. The largest absolute Gasteiger partial charge is 0.356 e. The number of anilines is 1. The van der Waals surface area contributed by atoms with Gasteiger partial charge in [0.2, 0.25) is 0 Å². The third-order valence-electron chi connectivity index (χ3n) is 4.82. The summed E-state index contributed by atoms with van der Waals surface area (Å²) in [7, 11) is 0. The molecule has 1 aliphatic heterocycles. The fourth-order valence-corrected chi connectivity index (χ4v) is 3.80. The van der Waals surface area contributed by atoms with Crippen molar-refractivity contribution in [3.8, 4) is 0 Å². The Balaban J connectivity index is 1.68. The van der Waals surface area contributed by atoms with Crippen LogP contribution in [0.3, 0.4) is 0 Å². The second-order valence-electron chi connectivity index (χ2n) is 6.02. The number of aromatic amines is 1. The van der Waals surface area contributed by atoms with E-state index in [1.165, 1.54) is 33.4 Å². The Bertz CT molecular complexity index is 876. The molecular formula is C19H17N3. The van der Waals surface area contributed by atoms with Crippen LogP contribution in [0.5, 0.6) is 0 Å². The molecule has 0 bridgehead atoms. The number of nitrogens with one attached hydrogen (secondary N) is 2. The minimum absolute atomic E-state index is 0.276. The van der Waals surface area contributed by atoms with Crippen LogP contribution in [0.4, 0.5) is 5.69 Å². The fraction of sp³-hybridized carbons (Fsp3) is 0.158. The van der Waals surface area contributed by atoms with E-state index in [1.807, 2.05) is 0 Å². The van der Waals surface area contributed by atoms with Gasteiger partial charge in [0.05, 0.1) is 5.69 Å². The van der Waals surface area contributed by atoms with Gasteiger partial charge >= 0.3 is 0 Å². The second kappa shape index (κ2) is 4.41. The maximum absolute atomic E-state index is 3.66. The van der Waals surface area contributed by atoms with E-state index in [1.54, 1.807) is 0 Å². The highest BCUT2D eigenvalue weighted by Crippen LogP contribution is 2.43. The Labute approximate surface area is 129 Å². The van der Waals surface area contributed by atoms with E-state index < -0.39 is 0 Å². The van der Waals surface area contributed by atoms with Crippen LogP contribution >= 0.6 is 0 Å². The summed E-state index contributed by atoms with van der Waals surface area (Å²) >= 11 is 0. The number of H-pyrrole nitrogens is 1. The Morgan fingerprint density at radius 3 is 2.64 bits per heavy atom. The van der Waals surface area contributed by atoms with Gasteiger partial charge in [-0.1, -0.05) is 36.4 Å². The van der Waals surface area contributed by atoms with Gasteiger partial charge in [0, 0.05) is 22.8 Å². The summed E-state index contributed by atoms with van der Waals surface area (Å²) < 4.78 is 0. The first-order valence-electron chi connectivity index (χ1n) is 7.81. The Hall–Kier alpha value is -2.68. The van der Waals surface area contributed by atoms with Crippen molar-refractivity contribution in [1.82, 2.24) is 10.4 Å². The molecule has 0 radical (unpaired) electrons. The summed E-state index contributed by atoms with van der Waals surface area (Å²) in [5.41, 5.74) is 10.2. The van der Waals surface area contributed by atoms with Gasteiger partial charge in [-0.05, 0) is 42.2 Å². The lowest BCUT2D eigenvalue weighted by atomic mass is 9.88. The SMILES string of the molecule is C1=C2CCc3c([nH]c4ccccc34)C2N(c2ccccc2)N1. The van der Waals surface area contributed by atoms with Crippen LogP contribution in [0.2, 0.25) is 0 Å². The summed E-state index contributed by atoms with van der Waals surface area (Å²) in [6.45, 7) is 0. The van der Waals surface area contributed by atoms with Crippen molar-refractivity contribution in [1.29, 1.82) is 0 Å². The molecule has 0 saturated heterocycles. The van der Waals surface area contributed by atoms with Gasteiger partial charge in [0.25, 0.3) is 0 Å². The molecule has 2 aromatic carbocycles. The van der Waals surface area contributed by atoms with Crippen molar-refractivity contribution >= 4 is 16.6 Å². The Morgan fingerprint density at radius 2 is 1.73 bits per heavy atom. The number of hydrogen-bond donors (Lipinski definition) is 2. The molecule has 3 aromatic rings. The fourth-order valence-electron chi connectivity index (χ4n) is 3.80. The number of fused-ring (bicyclic) bond motifs is 5. The molecule has 22 heavy (non-hydrogen) atoms. The molecule has 5 rings (SSSR count). The highest BCUT2D eigenvalue weighted by molar-refractivity contribution is 5.86. The smallest absolute Gasteiger partial charge is 0.113 e. The average Bonchev–Trinajstić information content (AvgIpc) is 3.16. The van der Waals surface area contributed by atoms with Crippen molar-refractivity contribution in [3.63, 3.8) is 0 Å². The Kier molecular flexibility index (Phi) is 2.39. The van der Waals surface area contributed by atoms with E-state index in [4.69, 9.17) is 0 Å². The predicted molar refractivity (Wildman–Crippen MR) is 89.5 cm³/mol. The van der Waals surface area contributed by atoms with Gasteiger partial charge in [-0.25, -0.2) is 0 Å². The van der Waals surface area contributed by atoms with Gasteiger partial charge in [-0.2, -0.15) is 0 Å². The van der Waals surface area contributed by atoms with E-state index in [9.17, 15) is 0 Å². The molecule has 0 spiro atoms. The molecule has 0 fully saturated rings. The maximum Gasteiger partial charge on any atom is 0.113 e. The zero-order valence-corrected chi connectivity index (χ0v) is 12.2. The molecule has 1 atom stereocenters. The molecule has 3 nitrogen and oxygen atoms in total. The zero-order chi connectivity index (χ0) is 14.5. The predicted octanol–water partition coefficient (Wildman–Crippen LogP) is 4.06. The molecule has 1 unspecified atom stereocenters. The first-order chi connectivity index (χ1) is 10.9. The van der Waals surface area contributed by atoms with Gasteiger partial charge < -0.3 is 10.4 Å². The van der Waals surface area contributed by atoms with Crippen molar-refractivity contribution in [2.24, 2.45) is 0 Å². The van der Waals surface area contributed by atoms with Gasteiger partial charge in [0.1, 0.15) is 6.04 Å². The van der Waals surface area contributed by atoms with Crippen molar-refractivity contribution in [3.05, 3.63) is 77.6 Å². The zero-order valence-electron chi connectivity index (χ0n) is 12.2. The number of aryl methyl sites for hydroxylation is 1. The number of para-hydroxylation sites is 2. The van der Waals surface area contributed by atoms with E-state index in [0.717, 1.165) is 12.8 Å². The highest BCUT2D eigenvalue weighted by atomic mass is 15.5. The lowest BCUT2D eigenvalue weighted by Gasteiger charge is -2.31. The molecular weight excluding hydrogens is 270 g/mol. The summed E-state index contributed by atoms with van der Waals surface area (Å²) in [5.74, 6) is 0. The average molecular weight is 287 g/mol. The van der Waals surface area contributed by atoms with E-state index in [-0.39, 0.29) is 6.04 Å². The minimum atomic E-state index is 0.276. The molecule has 2 N–H and O–H groups in total. The number of hydrogen-bond acceptors (Lipinski definition) is 2. The third kappa shape index (κ3) is 1.56. The summed E-state index contributed by atoms with van der Waals surface area (Å²) in [6.07, 6.45) is 4.41. The van der Waals surface area contributed by atoms with Crippen LogP contribution < -0.4 is 10.4 Å². The number of rotatable bonds is 1.